The number of methoxy groups -OCH3 is 1. The van der Waals surface area contributed by atoms with Crippen molar-refractivity contribution in [1.82, 2.24) is 0 Å². The average molecular weight is 450 g/mol. The third-order valence-corrected chi connectivity index (χ3v) is 6.19. The molecular formula is C20H23N3O5S2. The normalized spacial score (nSPS) is 13.0. The summed E-state index contributed by atoms with van der Waals surface area (Å²) in [5.74, 6) is -0.00431. The minimum atomic E-state index is -0.509. The second-order valence-electron chi connectivity index (χ2n) is 6.71. The molecule has 0 bridgehead atoms. The lowest BCUT2D eigenvalue weighted by atomic mass is 10.1. The van der Waals surface area contributed by atoms with Crippen LogP contribution in [0.4, 0.5) is 16.4 Å². The van der Waals surface area contributed by atoms with Crippen molar-refractivity contribution in [3.8, 4) is 5.75 Å². The van der Waals surface area contributed by atoms with Gasteiger partial charge in [-0.3, -0.25) is 10.1 Å². The highest BCUT2D eigenvalue weighted by Crippen LogP contribution is 2.38. The van der Waals surface area contributed by atoms with E-state index >= 15 is 0 Å². The minimum Gasteiger partial charge on any atom is -0.496 e. The first kappa shape index (κ1) is 22.0. The smallest absolute Gasteiger partial charge is 0.341 e. The van der Waals surface area contributed by atoms with E-state index in [1.54, 1.807) is 13.0 Å². The molecule has 0 unspecified atom stereocenters. The van der Waals surface area contributed by atoms with E-state index in [4.69, 9.17) is 21.7 Å². The van der Waals surface area contributed by atoms with Gasteiger partial charge in [-0.15, -0.1) is 11.3 Å². The summed E-state index contributed by atoms with van der Waals surface area (Å²) in [6.07, 6.45) is 4.98. The van der Waals surface area contributed by atoms with Crippen LogP contribution in [0.1, 0.15) is 47.0 Å². The zero-order chi connectivity index (χ0) is 21.7. The molecule has 0 spiro atoms. The summed E-state index contributed by atoms with van der Waals surface area (Å²) < 4.78 is 10.3. The molecule has 0 radical (unpaired) electrons. The van der Waals surface area contributed by atoms with Crippen LogP contribution in [0.15, 0.2) is 18.2 Å². The predicted octanol–water partition coefficient (Wildman–Crippen LogP) is 4.92. The van der Waals surface area contributed by atoms with E-state index in [2.05, 4.69) is 10.6 Å². The molecule has 1 heterocycles. The number of thiocarbonyl (C=S) groups is 1. The van der Waals surface area contributed by atoms with Gasteiger partial charge in [-0.2, -0.15) is 0 Å². The summed E-state index contributed by atoms with van der Waals surface area (Å²) >= 11 is 6.87. The van der Waals surface area contributed by atoms with Crippen LogP contribution >= 0.6 is 23.6 Å². The Kier molecular flexibility index (Phi) is 7.22. The summed E-state index contributed by atoms with van der Waals surface area (Å²) in [7, 11) is 1.44. The average Bonchev–Trinajstić information content (AvgIpc) is 2.88. The lowest BCUT2D eigenvalue weighted by Gasteiger charge is -2.12. The number of carbonyl (C=O) groups excluding carboxylic acids is 1. The van der Waals surface area contributed by atoms with Crippen LogP contribution in [-0.2, 0) is 17.6 Å². The van der Waals surface area contributed by atoms with Gasteiger partial charge in [0, 0.05) is 4.88 Å². The van der Waals surface area contributed by atoms with Crippen LogP contribution in [0.5, 0.6) is 5.75 Å². The van der Waals surface area contributed by atoms with Crippen molar-refractivity contribution >= 4 is 51.0 Å². The molecule has 0 atom stereocenters. The number of anilines is 2. The molecule has 1 aromatic heterocycles. The number of hydrogen-bond donors (Lipinski definition) is 2. The standard InChI is InChI=1S/C20H23N3O5S2/c1-3-28-19(24)17-13-7-5-4-6-8-16(13)30-18(17)22-20(29)21-14-10-9-12(27-2)11-15(14)23(25)26/h9-11H,3-8H2,1-2H3,(H2,21,22,29). The molecule has 2 aromatic rings. The number of nitrogens with zero attached hydrogens (tertiary/aromatic N) is 1. The van der Waals surface area contributed by atoms with Gasteiger partial charge < -0.3 is 20.1 Å². The zero-order valence-electron chi connectivity index (χ0n) is 16.8. The van der Waals surface area contributed by atoms with E-state index in [9.17, 15) is 14.9 Å². The summed E-state index contributed by atoms with van der Waals surface area (Å²) in [6.45, 7) is 2.05. The Balaban J connectivity index is 1.87. The zero-order valence-corrected chi connectivity index (χ0v) is 18.4. The minimum absolute atomic E-state index is 0.158. The summed E-state index contributed by atoms with van der Waals surface area (Å²) in [5.41, 5.74) is 1.61. The van der Waals surface area contributed by atoms with Gasteiger partial charge in [-0.25, -0.2) is 4.79 Å². The molecule has 30 heavy (non-hydrogen) atoms. The fourth-order valence-electron chi connectivity index (χ4n) is 3.40. The van der Waals surface area contributed by atoms with Crippen LogP contribution in [0.2, 0.25) is 0 Å². The van der Waals surface area contributed by atoms with Gasteiger partial charge in [0.25, 0.3) is 5.69 Å². The second kappa shape index (κ2) is 9.86. The summed E-state index contributed by atoms with van der Waals surface area (Å²) in [4.78, 5) is 24.7. The molecule has 160 valence electrons. The molecule has 0 fully saturated rings. The van der Waals surface area contributed by atoms with E-state index in [0.29, 0.717) is 16.3 Å². The first-order valence-corrected chi connectivity index (χ1v) is 10.9. The molecule has 0 saturated carbocycles. The maximum atomic E-state index is 12.6. The van der Waals surface area contributed by atoms with Crippen LogP contribution in [0.25, 0.3) is 0 Å². The first-order chi connectivity index (χ1) is 14.4. The van der Waals surface area contributed by atoms with E-state index in [1.807, 2.05) is 0 Å². The molecule has 0 aliphatic heterocycles. The van der Waals surface area contributed by atoms with Crippen LogP contribution < -0.4 is 15.4 Å². The van der Waals surface area contributed by atoms with Gasteiger partial charge in [-0.05, 0) is 62.5 Å². The van der Waals surface area contributed by atoms with E-state index < -0.39 is 4.92 Å². The number of nitro benzene ring substituents is 1. The number of carbonyl (C=O) groups is 1. The number of ether oxygens (including phenoxy) is 2. The monoisotopic (exact) mass is 449 g/mol. The topological polar surface area (TPSA) is 103 Å². The lowest BCUT2D eigenvalue weighted by Crippen LogP contribution is -2.21. The largest absolute Gasteiger partial charge is 0.496 e. The van der Waals surface area contributed by atoms with Crippen molar-refractivity contribution in [3.63, 3.8) is 0 Å². The van der Waals surface area contributed by atoms with Crippen LogP contribution in [0.3, 0.4) is 0 Å². The SMILES string of the molecule is CCOC(=O)c1c(NC(=S)Nc2ccc(OC)cc2[N+](=O)[O-])sc2c1CCCCC2. The van der Waals surface area contributed by atoms with Gasteiger partial charge in [0.1, 0.15) is 16.4 Å². The van der Waals surface area contributed by atoms with Crippen molar-refractivity contribution in [2.75, 3.05) is 24.4 Å². The number of fused-ring (bicyclic) bond motifs is 1. The molecule has 0 amide bonds. The number of benzene rings is 1. The number of aryl methyl sites for hydroxylation is 1. The predicted molar refractivity (Wildman–Crippen MR) is 121 cm³/mol. The van der Waals surface area contributed by atoms with Gasteiger partial charge >= 0.3 is 5.97 Å². The first-order valence-electron chi connectivity index (χ1n) is 9.66. The third-order valence-electron chi connectivity index (χ3n) is 4.78. The number of nitrogens with one attached hydrogen (secondary N) is 2. The fraction of sp³-hybridized carbons (Fsp3) is 0.400. The Morgan fingerprint density at radius 2 is 2.03 bits per heavy atom. The highest BCUT2D eigenvalue weighted by atomic mass is 32.1. The Bertz CT molecular complexity index is 974. The highest BCUT2D eigenvalue weighted by Gasteiger charge is 2.26. The number of hydrogen-bond acceptors (Lipinski definition) is 7. The molecule has 8 nitrogen and oxygen atoms in total. The number of nitro groups is 1. The molecule has 3 rings (SSSR count). The Morgan fingerprint density at radius 1 is 1.27 bits per heavy atom. The molecule has 1 aromatic carbocycles. The number of esters is 1. The summed E-state index contributed by atoms with van der Waals surface area (Å²) in [5, 5.41) is 18.1. The third kappa shape index (κ3) is 4.88. The molecule has 1 aliphatic rings. The molecular weight excluding hydrogens is 426 g/mol. The summed E-state index contributed by atoms with van der Waals surface area (Å²) in [6, 6.07) is 4.46. The van der Waals surface area contributed by atoms with Crippen molar-refractivity contribution in [2.24, 2.45) is 0 Å². The van der Waals surface area contributed by atoms with Crippen molar-refractivity contribution in [1.29, 1.82) is 0 Å². The van der Waals surface area contributed by atoms with Crippen molar-refractivity contribution < 1.29 is 19.2 Å². The van der Waals surface area contributed by atoms with E-state index in [0.717, 1.165) is 42.5 Å². The number of thiophene rings is 1. The van der Waals surface area contributed by atoms with E-state index in [-0.39, 0.29) is 29.1 Å². The van der Waals surface area contributed by atoms with Gasteiger partial charge in [-0.1, -0.05) is 6.42 Å². The van der Waals surface area contributed by atoms with E-state index in [1.165, 1.54) is 30.6 Å². The van der Waals surface area contributed by atoms with Crippen molar-refractivity contribution in [3.05, 3.63) is 44.3 Å². The molecule has 0 saturated heterocycles. The van der Waals surface area contributed by atoms with Crippen molar-refractivity contribution in [2.45, 2.75) is 39.0 Å². The maximum Gasteiger partial charge on any atom is 0.341 e. The molecule has 1 aliphatic carbocycles. The van der Waals surface area contributed by atoms with Crippen LogP contribution in [-0.4, -0.2) is 29.7 Å². The van der Waals surface area contributed by atoms with Gasteiger partial charge in [0.2, 0.25) is 0 Å². The highest BCUT2D eigenvalue weighted by molar-refractivity contribution is 7.80. The Morgan fingerprint density at radius 3 is 2.73 bits per heavy atom. The molecule has 10 heteroatoms. The van der Waals surface area contributed by atoms with Gasteiger partial charge in [0.15, 0.2) is 5.11 Å². The van der Waals surface area contributed by atoms with Gasteiger partial charge in [0.05, 0.1) is 30.3 Å². The fourth-order valence-corrected chi connectivity index (χ4v) is 4.96. The molecule has 2 N–H and O–H groups in total. The Labute approximate surface area is 183 Å². The Hall–Kier alpha value is -2.72. The number of rotatable bonds is 6. The quantitative estimate of drug-likeness (QED) is 0.211. The van der Waals surface area contributed by atoms with Crippen LogP contribution in [0, 0.1) is 10.1 Å². The second-order valence-corrected chi connectivity index (χ2v) is 8.22. The maximum absolute atomic E-state index is 12.6. The lowest BCUT2D eigenvalue weighted by molar-refractivity contribution is -0.384.